The Balaban J connectivity index is 2.60. The summed E-state index contributed by atoms with van der Waals surface area (Å²) in [5, 5.41) is 3.42. The van der Waals surface area contributed by atoms with Crippen molar-refractivity contribution in [1.82, 2.24) is 10.2 Å². The minimum atomic E-state index is 0.0231. The van der Waals surface area contributed by atoms with Crippen LogP contribution in [0.2, 0.25) is 0 Å². The lowest BCUT2D eigenvalue weighted by Gasteiger charge is -2.26. The first-order chi connectivity index (χ1) is 7.76. The molecule has 1 fully saturated rings. The second-order valence-electron chi connectivity index (χ2n) is 6.55. The van der Waals surface area contributed by atoms with E-state index in [9.17, 15) is 4.79 Å². The van der Waals surface area contributed by atoms with E-state index in [-0.39, 0.29) is 23.5 Å². The molecule has 0 bridgehead atoms. The maximum absolute atomic E-state index is 12.3. The van der Waals surface area contributed by atoms with E-state index in [2.05, 4.69) is 46.9 Å². The molecule has 1 aliphatic rings. The van der Waals surface area contributed by atoms with Gasteiger partial charge in [0.1, 0.15) is 0 Å². The molecule has 17 heavy (non-hydrogen) atoms. The lowest BCUT2D eigenvalue weighted by molar-refractivity contribution is -0.131. The Kier molecular flexibility index (Phi) is 4.59. The molecule has 0 aromatic rings. The van der Waals surface area contributed by atoms with Gasteiger partial charge in [-0.15, -0.1) is 0 Å². The maximum atomic E-state index is 12.3. The number of nitrogens with one attached hydrogen (secondary N) is 1. The number of rotatable bonds is 4. The average Bonchev–Trinajstić information content (AvgIpc) is 2.49. The molecular formula is C14H28N2O. The lowest BCUT2D eigenvalue weighted by atomic mass is 9.92. The van der Waals surface area contributed by atoms with Gasteiger partial charge in [0.15, 0.2) is 0 Å². The predicted molar refractivity (Wildman–Crippen MR) is 71.6 cm³/mol. The molecule has 0 spiro atoms. The van der Waals surface area contributed by atoms with Gasteiger partial charge in [-0.2, -0.15) is 0 Å². The Morgan fingerprint density at radius 3 is 2.47 bits per heavy atom. The van der Waals surface area contributed by atoms with Gasteiger partial charge in [-0.05, 0) is 24.7 Å². The Bertz CT molecular complexity index is 270. The summed E-state index contributed by atoms with van der Waals surface area (Å²) in [4.78, 5) is 14.3. The van der Waals surface area contributed by atoms with Crippen LogP contribution in [0, 0.1) is 11.3 Å². The van der Waals surface area contributed by atoms with Crippen molar-refractivity contribution in [2.75, 3.05) is 6.54 Å². The molecule has 0 aliphatic carbocycles. The van der Waals surface area contributed by atoms with Gasteiger partial charge in [-0.1, -0.05) is 41.0 Å². The third-order valence-corrected chi connectivity index (χ3v) is 3.75. The van der Waals surface area contributed by atoms with Gasteiger partial charge in [0, 0.05) is 6.54 Å². The van der Waals surface area contributed by atoms with Crippen molar-refractivity contribution < 1.29 is 4.79 Å². The van der Waals surface area contributed by atoms with Crippen molar-refractivity contribution in [1.29, 1.82) is 0 Å². The summed E-state index contributed by atoms with van der Waals surface area (Å²) in [6.07, 6.45) is 2.28. The molecule has 1 heterocycles. The molecule has 0 aromatic carbocycles. The zero-order valence-corrected chi connectivity index (χ0v) is 12.2. The third-order valence-electron chi connectivity index (χ3n) is 3.75. The smallest absolute Gasteiger partial charge is 0.241 e. The van der Waals surface area contributed by atoms with E-state index < -0.39 is 0 Å². The monoisotopic (exact) mass is 240 g/mol. The minimum absolute atomic E-state index is 0.0231. The molecule has 1 N–H and O–H groups in total. The molecule has 3 unspecified atom stereocenters. The molecule has 0 saturated carbocycles. The highest BCUT2D eigenvalue weighted by atomic mass is 16.2. The lowest BCUT2D eigenvalue weighted by Crippen LogP contribution is -2.37. The van der Waals surface area contributed by atoms with Crippen LogP contribution >= 0.6 is 0 Å². The SMILES string of the molecule is CCC(C)C1NC(C)N(CCC(C)(C)C)C1=O. The second-order valence-corrected chi connectivity index (χ2v) is 6.55. The van der Waals surface area contributed by atoms with Crippen LogP contribution in [-0.2, 0) is 4.79 Å². The Labute approximate surface area is 106 Å². The van der Waals surface area contributed by atoms with Crippen molar-refractivity contribution in [2.45, 2.75) is 66.6 Å². The van der Waals surface area contributed by atoms with Crippen LogP contribution in [0.15, 0.2) is 0 Å². The van der Waals surface area contributed by atoms with Crippen molar-refractivity contribution in [3.8, 4) is 0 Å². The van der Waals surface area contributed by atoms with Crippen LogP contribution in [0.25, 0.3) is 0 Å². The van der Waals surface area contributed by atoms with Crippen LogP contribution in [0.4, 0.5) is 0 Å². The van der Waals surface area contributed by atoms with E-state index in [1.54, 1.807) is 0 Å². The fourth-order valence-electron chi connectivity index (χ4n) is 2.19. The first-order valence-electron chi connectivity index (χ1n) is 6.83. The molecule has 1 aliphatic heterocycles. The molecule has 0 radical (unpaired) electrons. The molecule has 0 aromatic heterocycles. The highest BCUT2D eigenvalue weighted by molar-refractivity contribution is 5.84. The third kappa shape index (κ3) is 3.70. The first-order valence-corrected chi connectivity index (χ1v) is 6.83. The van der Waals surface area contributed by atoms with E-state index in [4.69, 9.17) is 0 Å². The molecule has 3 heteroatoms. The van der Waals surface area contributed by atoms with E-state index in [0.717, 1.165) is 19.4 Å². The fraction of sp³-hybridized carbons (Fsp3) is 0.929. The molecule has 3 atom stereocenters. The van der Waals surface area contributed by atoms with Gasteiger partial charge in [-0.3, -0.25) is 10.1 Å². The molecule has 1 rings (SSSR count). The Hall–Kier alpha value is -0.570. The summed E-state index contributed by atoms with van der Waals surface area (Å²) >= 11 is 0. The van der Waals surface area contributed by atoms with E-state index in [1.807, 2.05) is 4.90 Å². The van der Waals surface area contributed by atoms with E-state index in [0.29, 0.717) is 5.92 Å². The molecule has 100 valence electrons. The number of hydrogen-bond donors (Lipinski definition) is 1. The van der Waals surface area contributed by atoms with Crippen LogP contribution in [-0.4, -0.2) is 29.6 Å². The van der Waals surface area contributed by atoms with Gasteiger partial charge >= 0.3 is 0 Å². The number of carbonyl (C=O) groups is 1. The average molecular weight is 240 g/mol. The van der Waals surface area contributed by atoms with Gasteiger partial charge in [0.2, 0.25) is 5.91 Å². The quantitative estimate of drug-likeness (QED) is 0.819. The molecule has 1 amide bonds. The van der Waals surface area contributed by atoms with Gasteiger partial charge in [0.25, 0.3) is 0 Å². The normalized spacial score (nSPS) is 27.6. The summed E-state index contributed by atoms with van der Waals surface area (Å²) < 4.78 is 0. The predicted octanol–water partition coefficient (Wildman–Crippen LogP) is 2.62. The van der Waals surface area contributed by atoms with Crippen LogP contribution < -0.4 is 5.32 Å². The molecule has 3 nitrogen and oxygen atoms in total. The van der Waals surface area contributed by atoms with Gasteiger partial charge in [-0.25, -0.2) is 0 Å². The Morgan fingerprint density at radius 2 is 2.00 bits per heavy atom. The Morgan fingerprint density at radius 1 is 1.41 bits per heavy atom. The summed E-state index contributed by atoms with van der Waals surface area (Å²) in [5.41, 5.74) is 0.286. The van der Waals surface area contributed by atoms with E-state index >= 15 is 0 Å². The van der Waals surface area contributed by atoms with Crippen molar-refractivity contribution in [2.24, 2.45) is 11.3 Å². The number of amides is 1. The van der Waals surface area contributed by atoms with Gasteiger partial charge in [0.05, 0.1) is 12.2 Å². The zero-order valence-electron chi connectivity index (χ0n) is 12.2. The summed E-state index contributed by atoms with van der Waals surface area (Å²) in [6, 6.07) is 0.0231. The summed E-state index contributed by atoms with van der Waals surface area (Å²) in [6.45, 7) is 13.9. The highest BCUT2D eigenvalue weighted by Gasteiger charge is 2.38. The zero-order chi connectivity index (χ0) is 13.2. The van der Waals surface area contributed by atoms with Crippen molar-refractivity contribution in [3.63, 3.8) is 0 Å². The molecule has 1 saturated heterocycles. The number of carbonyl (C=O) groups excluding carboxylic acids is 1. The van der Waals surface area contributed by atoms with Crippen LogP contribution in [0.3, 0.4) is 0 Å². The van der Waals surface area contributed by atoms with Crippen LogP contribution in [0.5, 0.6) is 0 Å². The number of nitrogens with zero attached hydrogens (tertiary/aromatic N) is 1. The van der Waals surface area contributed by atoms with E-state index in [1.165, 1.54) is 0 Å². The second kappa shape index (κ2) is 5.38. The number of hydrogen-bond acceptors (Lipinski definition) is 2. The standard InChI is InChI=1S/C14H28N2O/c1-7-10(2)12-13(17)16(11(3)15-12)9-8-14(4,5)6/h10-12,15H,7-9H2,1-6H3. The fourth-order valence-corrected chi connectivity index (χ4v) is 2.19. The van der Waals surface area contributed by atoms with Crippen molar-refractivity contribution in [3.05, 3.63) is 0 Å². The topological polar surface area (TPSA) is 32.3 Å². The highest BCUT2D eigenvalue weighted by Crippen LogP contribution is 2.23. The first kappa shape index (κ1) is 14.5. The van der Waals surface area contributed by atoms with Gasteiger partial charge < -0.3 is 4.90 Å². The minimum Gasteiger partial charge on any atom is -0.326 e. The summed E-state index contributed by atoms with van der Waals surface area (Å²) in [7, 11) is 0. The summed E-state index contributed by atoms with van der Waals surface area (Å²) in [5.74, 6) is 0.709. The largest absolute Gasteiger partial charge is 0.326 e. The molecular weight excluding hydrogens is 212 g/mol. The van der Waals surface area contributed by atoms with Crippen molar-refractivity contribution >= 4 is 5.91 Å². The van der Waals surface area contributed by atoms with Crippen LogP contribution in [0.1, 0.15) is 54.4 Å². The maximum Gasteiger partial charge on any atom is 0.241 e.